The van der Waals surface area contributed by atoms with Gasteiger partial charge in [0.05, 0.1) is 0 Å². The van der Waals surface area contributed by atoms with Crippen LogP contribution in [0.2, 0.25) is 0 Å². The van der Waals surface area contributed by atoms with Crippen molar-refractivity contribution in [1.29, 1.82) is 0 Å². The van der Waals surface area contributed by atoms with Crippen LogP contribution >= 0.6 is 11.8 Å². The first kappa shape index (κ1) is 13.0. The van der Waals surface area contributed by atoms with Crippen molar-refractivity contribution in [1.82, 2.24) is 0 Å². The average Bonchev–Trinajstić information content (AvgIpc) is 2.47. The van der Waals surface area contributed by atoms with Crippen LogP contribution in [0.5, 0.6) is 0 Å². The Hall–Kier alpha value is -0.0300. The molecule has 1 heterocycles. The van der Waals surface area contributed by atoms with Crippen molar-refractivity contribution in [3.63, 3.8) is 0 Å². The van der Waals surface area contributed by atoms with Crippen molar-refractivity contribution >= 4 is 16.8 Å². The van der Waals surface area contributed by atoms with Crippen molar-refractivity contribution in [3.05, 3.63) is 35.9 Å². The maximum atomic E-state index is 2.36. The second-order valence-electron chi connectivity index (χ2n) is 3.82. The summed E-state index contributed by atoms with van der Waals surface area (Å²) < 4.78 is 2.36. The Kier molecular flexibility index (Phi) is 4.64. The van der Waals surface area contributed by atoms with E-state index in [4.69, 9.17) is 0 Å². The Balaban J connectivity index is 0.00000112. The second-order valence-corrected chi connectivity index (χ2v) is 5.15. The van der Waals surface area contributed by atoms with E-state index in [0.717, 1.165) is 0 Å². The number of benzene rings is 1. The molecule has 1 aliphatic rings. The van der Waals surface area contributed by atoms with Gasteiger partial charge < -0.3 is 24.0 Å². The smallest absolute Gasteiger partial charge is 0.208 e. The third-order valence-electron chi connectivity index (χ3n) is 2.97. The molecule has 0 unspecified atom stereocenters. The zero-order valence-electron chi connectivity index (χ0n) is 9.27. The lowest BCUT2D eigenvalue weighted by Gasteiger charge is -2.11. The van der Waals surface area contributed by atoms with Crippen molar-refractivity contribution in [3.8, 4) is 0 Å². The number of nitrogens with zero attached hydrogens (tertiary/aromatic N) is 1. The molecule has 2 rings (SSSR count). The van der Waals surface area contributed by atoms with Crippen LogP contribution in [0.25, 0.3) is 0 Å². The summed E-state index contributed by atoms with van der Waals surface area (Å²) >= 11 is 1.98. The molecule has 0 N–H and O–H groups in total. The van der Waals surface area contributed by atoms with Crippen LogP contribution in [0, 0.1) is 0 Å². The molecular formula is C12H16INS. The molecule has 0 fully saturated rings. The Morgan fingerprint density at radius 2 is 1.80 bits per heavy atom. The monoisotopic (exact) mass is 333 g/mol. The minimum Gasteiger partial charge on any atom is -1.00 e. The summed E-state index contributed by atoms with van der Waals surface area (Å²) in [4.78, 5) is 0. The van der Waals surface area contributed by atoms with Gasteiger partial charge in [0.2, 0.25) is 5.04 Å². The Labute approximate surface area is 113 Å². The fourth-order valence-corrected chi connectivity index (χ4v) is 3.22. The second kappa shape index (κ2) is 5.34. The molecule has 0 spiro atoms. The third kappa shape index (κ3) is 2.56. The van der Waals surface area contributed by atoms with Gasteiger partial charge in [-0.1, -0.05) is 30.3 Å². The molecule has 0 aliphatic carbocycles. The molecule has 3 heteroatoms. The van der Waals surface area contributed by atoms with E-state index in [-0.39, 0.29) is 24.0 Å². The van der Waals surface area contributed by atoms with E-state index in [9.17, 15) is 0 Å². The van der Waals surface area contributed by atoms with E-state index in [0.29, 0.717) is 11.3 Å². The summed E-state index contributed by atoms with van der Waals surface area (Å²) in [5, 5.41) is 2.02. The first-order chi connectivity index (χ1) is 6.70. The van der Waals surface area contributed by atoms with Gasteiger partial charge in [0.25, 0.3) is 0 Å². The van der Waals surface area contributed by atoms with Crippen LogP contribution in [0.4, 0.5) is 0 Å². The number of hydrogen-bond donors (Lipinski definition) is 0. The summed E-state index contributed by atoms with van der Waals surface area (Å²) in [7, 11) is 2.18. The molecule has 0 aromatic heterocycles. The summed E-state index contributed by atoms with van der Waals surface area (Å²) in [5.41, 5.74) is 1.44. The molecule has 0 amide bonds. The number of hydrogen-bond acceptors (Lipinski definition) is 1. The number of thioether (sulfide) groups is 1. The van der Waals surface area contributed by atoms with Gasteiger partial charge in [-0.25, -0.2) is 4.58 Å². The van der Waals surface area contributed by atoms with Gasteiger partial charge in [-0.3, -0.25) is 0 Å². The van der Waals surface area contributed by atoms with E-state index in [1.54, 1.807) is 0 Å². The normalized spacial score (nSPS) is 25.3. The minimum absolute atomic E-state index is 0. The van der Waals surface area contributed by atoms with Crippen molar-refractivity contribution in [2.24, 2.45) is 0 Å². The predicted molar refractivity (Wildman–Crippen MR) is 63.1 cm³/mol. The molecule has 1 aromatic carbocycles. The lowest BCUT2D eigenvalue weighted by Crippen LogP contribution is -3.00. The number of halogens is 1. The molecule has 0 saturated heterocycles. The summed E-state index contributed by atoms with van der Waals surface area (Å²) in [6.07, 6.45) is 0. The molecule has 2 atom stereocenters. The molecule has 1 nitrogen and oxygen atoms in total. The molecule has 15 heavy (non-hydrogen) atoms. The lowest BCUT2D eigenvalue weighted by atomic mass is 10.1. The number of likely N-dealkylation sites (N-methyl/N-ethyl adjacent to an activating group) is 1. The van der Waals surface area contributed by atoms with E-state index in [1.807, 2.05) is 11.8 Å². The van der Waals surface area contributed by atoms with E-state index >= 15 is 0 Å². The van der Waals surface area contributed by atoms with E-state index in [1.165, 1.54) is 10.6 Å². The van der Waals surface area contributed by atoms with Crippen LogP contribution in [0.15, 0.2) is 30.3 Å². The Bertz CT molecular complexity index is 361. The average molecular weight is 333 g/mol. The van der Waals surface area contributed by atoms with Gasteiger partial charge in [0, 0.05) is 6.92 Å². The fourth-order valence-electron chi connectivity index (χ4n) is 1.84. The maximum Gasteiger partial charge on any atom is 0.208 e. The van der Waals surface area contributed by atoms with Crippen LogP contribution in [-0.2, 0) is 0 Å². The molecule has 1 aromatic rings. The SMILES string of the molecule is CC1=[N+](C)[C@H](C)[C@@H](c2ccccc2)S1.[I-]. The minimum atomic E-state index is 0. The third-order valence-corrected chi connectivity index (χ3v) is 4.52. The highest BCUT2D eigenvalue weighted by Crippen LogP contribution is 2.38. The quantitative estimate of drug-likeness (QED) is 0.514. The highest BCUT2D eigenvalue weighted by Gasteiger charge is 2.35. The van der Waals surface area contributed by atoms with Gasteiger partial charge in [-0.15, -0.1) is 0 Å². The first-order valence-electron chi connectivity index (χ1n) is 4.98. The standard InChI is InChI=1S/C12H16NS.HI/c1-9-12(14-10(2)13(9)3)11-7-5-4-6-8-11;/h4-9,12H,1-3H3;1H/q+1;/p-1/t9-,12+;/m1./s1. The zero-order chi connectivity index (χ0) is 10.1. The van der Waals surface area contributed by atoms with Gasteiger partial charge in [0.15, 0.2) is 6.04 Å². The van der Waals surface area contributed by atoms with Gasteiger partial charge >= 0.3 is 0 Å². The summed E-state index contributed by atoms with van der Waals surface area (Å²) in [6, 6.07) is 11.4. The Morgan fingerprint density at radius 3 is 2.27 bits per heavy atom. The maximum absolute atomic E-state index is 2.36. The Morgan fingerprint density at radius 1 is 1.20 bits per heavy atom. The highest BCUT2D eigenvalue weighted by atomic mass is 127. The van der Waals surface area contributed by atoms with Gasteiger partial charge in [-0.2, -0.15) is 0 Å². The molecule has 1 aliphatic heterocycles. The van der Waals surface area contributed by atoms with E-state index in [2.05, 4.69) is 55.8 Å². The molecule has 0 radical (unpaired) electrons. The topological polar surface area (TPSA) is 3.01 Å². The number of rotatable bonds is 1. The largest absolute Gasteiger partial charge is 1.00 e. The van der Waals surface area contributed by atoms with Crippen LogP contribution < -0.4 is 24.0 Å². The van der Waals surface area contributed by atoms with Crippen molar-refractivity contribution in [2.75, 3.05) is 7.05 Å². The molecule has 82 valence electrons. The zero-order valence-corrected chi connectivity index (χ0v) is 12.2. The molecular weight excluding hydrogens is 317 g/mol. The predicted octanol–water partition coefficient (Wildman–Crippen LogP) is -0.0723. The molecule has 0 bridgehead atoms. The van der Waals surface area contributed by atoms with Crippen LogP contribution in [0.3, 0.4) is 0 Å². The van der Waals surface area contributed by atoms with Gasteiger partial charge in [0.1, 0.15) is 12.3 Å². The van der Waals surface area contributed by atoms with Crippen molar-refractivity contribution < 1.29 is 28.6 Å². The van der Waals surface area contributed by atoms with Crippen LogP contribution in [0.1, 0.15) is 24.7 Å². The van der Waals surface area contributed by atoms with Gasteiger partial charge in [-0.05, 0) is 24.2 Å². The summed E-state index contributed by atoms with van der Waals surface area (Å²) in [6.45, 7) is 4.49. The molecule has 0 saturated carbocycles. The van der Waals surface area contributed by atoms with E-state index < -0.39 is 0 Å². The highest BCUT2D eigenvalue weighted by molar-refractivity contribution is 8.14. The van der Waals surface area contributed by atoms with Crippen LogP contribution in [-0.4, -0.2) is 22.7 Å². The summed E-state index contributed by atoms with van der Waals surface area (Å²) in [5.74, 6) is 0. The lowest BCUT2D eigenvalue weighted by molar-refractivity contribution is -0.528. The first-order valence-corrected chi connectivity index (χ1v) is 5.86. The van der Waals surface area contributed by atoms with Crippen molar-refractivity contribution in [2.45, 2.75) is 25.1 Å². The fraction of sp³-hybridized carbons (Fsp3) is 0.417.